The van der Waals surface area contributed by atoms with Gasteiger partial charge in [-0.3, -0.25) is 0 Å². The second-order valence-electron chi connectivity index (χ2n) is 4.96. The minimum atomic E-state index is -4.95. The first-order valence-electron chi connectivity index (χ1n) is 6.65. The molecular weight excluding hydrogens is 321 g/mol. The number of nitriles is 1. The molecule has 1 aromatic heterocycles. The fourth-order valence-electron chi connectivity index (χ4n) is 2.47. The van der Waals surface area contributed by atoms with Crippen molar-refractivity contribution < 1.29 is 26.3 Å². The smallest absolute Gasteiger partial charge is 0.388 e. The summed E-state index contributed by atoms with van der Waals surface area (Å²) in [5, 5.41) is 8.37. The van der Waals surface area contributed by atoms with Gasteiger partial charge in [-0.25, -0.2) is 13.4 Å². The van der Waals surface area contributed by atoms with Crippen LogP contribution in [0.2, 0.25) is 0 Å². The molecule has 1 saturated carbocycles. The van der Waals surface area contributed by atoms with E-state index in [1.165, 1.54) is 6.07 Å². The van der Waals surface area contributed by atoms with Crippen molar-refractivity contribution in [3.8, 4) is 11.9 Å². The monoisotopic (exact) mass is 334 g/mol. The van der Waals surface area contributed by atoms with Gasteiger partial charge in [0.25, 0.3) is 0 Å². The van der Waals surface area contributed by atoms with Crippen molar-refractivity contribution in [3.05, 3.63) is 17.8 Å². The highest BCUT2D eigenvalue weighted by Crippen LogP contribution is 2.31. The first-order valence-corrected chi connectivity index (χ1v) is 8.19. The predicted octanol–water partition coefficient (Wildman–Crippen LogP) is 2.96. The van der Waals surface area contributed by atoms with E-state index in [0.29, 0.717) is 12.8 Å². The molecule has 0 N–H and O–H groups in total. The number of nitrogens with zero attached hydrogens (tertiary/aromatic N) is 2. The van der Waals surface area contributed by atoms with Gasteiger partial charge in [0.15, 0.2) is 15.5 Å². The lowest BCUT2D eigenvalue weighted by molar-refractivity contribution is -0.276. The summed E-state index contributed by atoms with van der Waals surface area (Å²) in [6, 6.07) is 3.29. The summed E-state index contributed by atoms with van der Waals surface area (Å²) in [6.45, 7) is 0. The zero-order valence-electron chi connectivity index (χ0n) is 11.4. The number of rotatable bonds is 3. The van der Waals surface area contributed by atoms with E-state index in [4.69, 9.17) is 5.26 Å². The van der Waals surface area contributed by atoms with E-state index >= 15 is 0 Å². The number of alkyl halides is 3. The molecule has 2 rings (SSSR count). The van der Waals surface area contributed by atoms with Crippen LogP contribution in [-0.4, -0.2) is 25.0 Å². The summed E-state index contributed by atoms with van der Waals surface area (Å²) in [5.41, 5.74) is -0.577. The van der Waals surface area contributed by atoms with E-state index in [-0.39, 0.29) is 4.90 Å². The largest absolute Gasteiger partial charge is 0.574 e. The first-order chi connectivity index (χ1) is 10.2. The van der Waals surface area contributed by atoms with Gasteiger partial charge in [-0.15, -0.1) is 13.2 Å². The van der Waals surface area contributed by atoms with Crippen LogP contribution in [0.25, 0.3) is 0 Å². The van der Waals surface area contributed by atoms with Crippen molar-refractivity contribution in [2.24, 2.45) is 0 Å². The zero-order valence-corrected chi connectivity index (χ0v) is 12.2. The van der Waals surface area contributed by atoms with Gasteiger partial charge in [-0.05, 0) is 18.9 Å². The molecule has 1 aliphatic carbocycles. The molecule has 120 valence electrons. The van der Waals surface area contributed by atoms with Crippen molar-refractivity contribution in [2.75, 3.05) is 0 Å². The molecule has 22 heavy (non-hydrogen) atoms. The van der Waals surface area contributed by atoms with Gasteiger partial charge in [0, 0.05) is 6.07 Å². The Morgan fingerprint density at radius 3 is 2.41 bits per heavy atom. The average molecular weight is 334 g/mol. The third kappa shape index (κ3) is 3.68. The zero-order chi connectivity index (χ0) is 16.4. The Hall–Kier alpha value is -1.82. The highest BCUT2D eigenvalue weighted by Gasteiger charge is 2.34. The Kier molecular flexibility index (Phi) is 4.60. The summed E-state index contributed by atoms with van der Waals surface area (Å²) < 4.78 is 65.0. The van der Waals surface area contributed by atoms with E-state index in [1.807, 2.05) is 0 Å². The molecule has 0 spiro atoms. The van der Waals surface area contributed by atoms with Crippen molar-refractivity contribution in [3.63, 3.8) is 0 Å². The summed E-state index contributed by atoms with van der Waals surface area (Å²) in [7, 11) is -3.79. The normalized spacial score (nSPS) is 17.0. The topological polar surface area (TPSA) is 80.0 Å². The molecule has 1 aromatic rings. The van der Waals surface area contributed by atoms with Gasteiger partial charge in [-0.2, -0.15) is 5.26 Å². The predicted molar refractivity (Wildman–Crippen MR) is 69.7 cm³/mol. The maximum Gasteiger partial charge on any atom is 0.574 e. The van der Waals surface area contributed by atoms with Crippen LogP contribution in [0.4, 0.5) is 13.2 Å². The van der Waals surface area contributed by atoms with Crippen molar-refractivity contribution >= 4 is 9.84 Å². The minimum absolute atomic E-state index is 0.337. The number of pyridine rings is 1. The van der Waals surface area contributed by atoms with Crippen LogP contribution in [0, 0.1) is 11.3 Å². The van der Waals surface area contributed by atoms with Crippen molar-refractivity contribution in [2.45, 2.75) is 48.6 Å². The molecule has 1 heterocycles. The summed E-state index contributed by atoms with van der Waals surface area (Å²) in [4.78, 5) is 3.02. The van der Waals surface area contributed by atoms with Gasteiger partial charge >= 0.3 is 6.36 Å². The van der Waals surface area contributed by atoms with Crippen LogP contribution in [0.5, 0.6) is 5.88 Å². The Morgan fingerprint density at radius 2 is 1.86 bits per heavy atom. The van der Waals surface area contributed by atoms with Crippen molar-refractivity contribution in [1.82, 2.24) is 4.98 Å². The maximum absolute atomic E-state index is 12.5. The fraction of sp³-hybridized carbons (Fsp3) is 0.538. The van der Waals surface area contributed by atoms with Gasteiger partial charge < -0.3 is 4.74 Å². The second kappa shape index (κ2) is 6.12. The Bertz CT molecular complexity index is 689. The quantitative estimate of drug-likeness (QED) is 0.849. The highest BCUT2D eigenvalue weighted by molar-refractivity contribution is 7.92. The SMILES string of the molecule is N#Cc1nc(OC(F)(F)F)ccc1S(=O)(=O)C1CCCCC1. The van der Waals surface area contributed by atoms with E-state index in [0.717, 1.165) is 31.4 Å². The third-order valence-corrected chi connectivity index (χ3v) is 5.75. The van der Waals surface area contributed by atoms with E-state index < -0.39 is 33.0 Å². The summed E-state index contributed by atoms with van der Waals surface area (Å²) in [5.74, 6) is -0.855. The molecule has 0 radical (unpaired) electrons. The lowest BCUT2D eigenvalue weighted by atomic mass is 10.0. The molecule has 0 amide bonds. The molecule has 9 heteroatoms. The molecule has 0 atom stereocenters. The summed E-state index contributed by atoms with van der Waals surface area (Å²) in [6.07, 6.45) is -1.50. The standard InChI is InChI=1S/C13H13F3N2O3S/c14-13(15,16)21-12-7-6-11(10(8-17)18-12)22(19,20)9-4-2-1-3-5-9/h6-7,9H,1-5H2. The van der Waals surface area contributed by atoms with E-state index in [1.54, 1.807) is 0 Å². The molecular formula is C13H13F3N2O3S. The van der Waals surface area contributed by atoms with Crippen molar-refractivity contribution in [1.29, 1.82) is 5.26 Å². The van der Waals surface area contributed by atoms with Crippen LogP contribution in [-0.2, 0) is 9.84 Å². The highest BCUT2D eigenvalue weighted by atomic mass is 32.2. The van der Waals surface area contributed by atoms with E-state index in [2.05, 4.69) is 9.72 Å². The van der Waals surface area contributed by atoms with Crippen LogP contribution < -0.4 is 4.74 Å². The Morgan fingerprint density at radius 1 is 1.23 bits per heavy atom. The Labute approximate surface area is 125 Å². The maximum atomic E-state index is 12.5. The number of sulfone groups is 1. The van der Waals surface area contributed by atoms with Crippen LogP contribution in [0.15, 0.2) is 17.0 Å². The van der Waals surface area contributed by atoms with Gasteiger partial charge in [0.2, 0.25) is 5.88 Å². The summed E-state index contributed by atoms with van der Waals surface area (Å²) >= 11 is 0. The second-order valence-corrected chi connectivity index (χ2v) is 7.16. The molecule has 0 aliphatic heterocycles. The number of hydrogen-bond acceptors (Lipinski definition) is 5. The number of hydrogen-bond donors (Lipinski definition) is 0. The van der Waals surface area contributed by atoms with E-state index in [9.17, 15) is 21.6 Å². The minimum Gasteiger partial charge on any atom is -0.388 e. The van der Waals surface area contributed by atoms with Gasteiger partial charge in [-0.1, -0.05) is 19.3 Å². The lowest BCUT2D eigenvalue weighted by Gasteiger charge is -2.22. The molecule has 0 saturated heterocycles. The van der Waals surface area contributed by atoms with Crippen LogP contribution in [0.3, 0.4) is 0 Å². The van der Waals surface area contributed by atoms with Gasteiger partial charge in [0.1, 0.15) is 11.0 Å². The van der Waals surface area contributed by atoms with Crippen LogP contribution >= 0.6 is 0 Å². The molecule has 0 bridgehead atoms. The Balaban J connectivity index is 2.37. The molecule has 5 nitrogen and oxygen atoms in total. The lowest BCUT2D eigenvalue weighted by Crippen LogP contribution is -2.25. The molecule has 0 aromatic carbocycles. The molecule has 1 fully saturated rings. The number of halogens is 3. The molecule has 1 aliphatic rings. The van der Waals surface area contributed by atoms with Crippen LogP contribution in [0.1, 0.15) is 37.8 Å². The third-order valence-electron chi connectivity index (χ3n) is 3.46. The number of aromatic nitrogens is 1. The fourth-order valence-corrected chi connectivity index (χ4v) is 4.40. The first kappa shape index (κ1) is 16.5. The average Bonchev–Trinajstić information content (AvgIpc) is 2.46. The van der Waals surface area contributed by atoms with Gasteiger partial charge in [0.05, 0.1) is 5.25 Å². The number of ether oxygens (including phenoxy) is 1. The molecule has 0 unspecified atom stereocenters.